The molecule has 8 N–H and O–H groups in total. The largest absolute Gasteiger partial charge is 0.508 e. The molecule has 3 aliphatic rings. The van der Waals surface area contributed by atoms with Gasteiger partial charge < -0.3 is 69.1 Å². The van der Waals surface area contributed by atoms with Gasteiger partial charge in [0.25, 0.3) is 0 Å². The maximum Gasteiger partial charge on any atom is 0.346 e. The molecule has 1 aliphatic carbocycles. The standard InChI is InChI=1S/C52H60N7O14PS/c1-34-4-2-3-5-36(34)31-55-49(74(64,65)66)35-6-11-41(12-7-35)71-33-38-32-59(58-57-38)19-23-70-27-24-67-20-16-48(62)53-17-21-68-25-26-69-22-18-54-51(75)56-37-8-13-43-42(28-37)50(63)73-52(43)44-14-9-39(60)29-46(44)72-47-30-40(61)10-15-45(47)52/h2-15,28-30,32,34,36,49,55,60-61H,16-27,31,33H2,1H3,(H,53,62)(H2,54,56,75)(H2,64,65,66). The van der Waals surface area contributed by atoms with Crippen molar-refractivity contribution in [2.24, 2.45) is 11.8 Å². The first-order valence-electron chi connectivity index (χ1n) is 24.4. The number of esters is 1. The molecule has 3 heterocycles. The molecule has 0 bridgehead atoms. The van der Waals surface area contributed by atoms with Gasteiger partial charge in [0.05, 0.1) is 71.2 Å². The first-order valence-corrected chi connectivity index (χ1v) is 26.5. The molecule has 0 saturated heterocycles. The second kappa shape index (κ2) is 25.7. The van der Waals surface area contributed by atoms with E-state index in [-0.39, 0.29) is 48.9 Å². The molecule has 3 unspecified atom stereocenters. The van der Waals surface area contributed by atoms with Crippen LogP contribution in [0.15, 0.2) is 109 Å². The fourth-order valence-electron chi connectivity index (χ4n) is 8.63. The van der Waals surface area contributed by atoms with Gasteiger partial charge in [-0.15, -0.1) is 5.10 Å². The second-order valence-electron chi connectivity index (χ2n) is 17.7. The molecule has 75 heavy (non-hydrogen) atoms. The zero-order chi connectivity index (χ0) is 52.8. The van der Waals surface area contributed by atoms with Crippen molar-refractivity contribution in [3.63, 3.8) is 0 Å². The summed E-state index contributed by atoms with van der Waals surface area (Å²) in [5.74, 6) is -0.397. The lowest BCUT2D eigenvalue weighted by Gasteiger charge is -2.36. The number of aromatic hydroxyl groups is 2. The van der Waals surface area contributed by atoms with Gasteiger partial charge in [0.15, 0.2) is 10.7 Å². The summed E-state index contributed by atoms with van der Waals surface area (Å²) in [5.41, 5.74) is 2.23. The Labute approximate surface area is 438 Å². The van der Waals surface area contributed by atoms with Gasteiger partial charge in [0.2, 0.25) is 5.91 Å². The molecule has 21 nitrogen and oxygen atoms in total. The summed E-state index contributed by atoms with van der Waals surface area (Å²) in [6, 6.07) is 21.0. The number of phenolic OH excluding ortho intramolecular Hbond substituents is 2. The fourth-order valence-corrected chi connectivity index (χ4v) is 9.75. The molecular formula is C52H60N7O14PS. The molecule has 5 aromatic rings. The number of aromatic nitrogens is 3. The molecular weight excluding hydrogens is 1010 g/mol. The average molecular weight is 1070 g/mol. The number of nitrogens with one attached hydrogen (secondary N) is 4. The molecule has 23 heteroatoms. The number of ether oxygens (including phenoxy) is 7. The van der Waals surface area contributed by atoms with E-state index in [0.717, 1.165) is 0 Å². The summed E-state index contributed by atoms with van der Waals surface area (Å²) in [5, 5.41) is 40.9. The van der Waals surface area contributed by atoms with Crippen molar-refractivity contribution < 1.29 is 67.3 Å². The lowest BCUT2D eigenvalue weighted by Crippen LogP contribution is -2.33. The molecule has 8 rings (SSSR count). The van der Waals surface area contributed by atoms with Crippen LogP contribution in [0.25, 0.3) is 0 Å². The zero-order valence-corrected chi connectivity index (χ0v) is 42.8. The summed E-state index contributed by atoms with van der Waals surface area (Å²) in [4.78, 5) is 45.7. The van der Waals surface area contributed by atoms with E-state index in [1.807, 2.05) is 18.2 Å². The molecule has 0 saturated carbocycles. The van der Waals surface area contributed by atoms with Crippen molar-refractivity contribution in [3.8, 4) is 28.7 Å². The van der Waals surface area contributed by atoms with Crippen LogP contribution in [0.5, 0.6) is 28.7 Å². The number of hydrogen-bond donors (Lipinski definition) is 8. The van der Waals surface area contributed by atoms with Crippen molar-refractivity contribution >= 4 is 42.5 Å². The van der Waals surface area contributed by atoms with Gasteiger partial charge in [-0.05, 0) is 78.1 Å². The van der Waals surface area contributed by atoms with Crippen LogP contribution in [-0.2, 0) is 51.8 Å². The van der Waals surface area contributed by atoms with Crippen LogP contribution in [-0.4, -0.2) is 124 Å². The highest BCUT2D eigenvalue weighted by atomic mass is 32.1. The molecule has 1 aromatic heterocycles. The van der Waals surface area contributed by atoms with Crippen LogP contribution in [0.3, 0.4) is 0 Å². The highest BCUT2D eigenvalue weighted by Gasteiger charge is 2.53. The van der Waals surface area contributed by atoms with Gasteiger partial charge in [-0.3, -0.25) is 14.7 Å². The Morgan fingerprint density at radius 3 is 2.13 bits per heavy atom. The smallest absolute Gasteiger partial charge is 0.346 e. The topological polar surface area (TPSA) is 276 Å². The minimum atomic E-state index is -4.48. The molecule has 4 aromatic carbocycles. The van der Waals surface area contributed by atoms with Gasteiger partial charge >= 0.3 is 13.6 Å². The van der Waals surface area contributed by atoms with Gasteiger partial charge in [-0.25, -0.2) is 9.48 Å². The quantitative estimate of drug-likeness (QED) is 0.0139. The SMILES string of the molecule is CC1C=CC=CC1CNC(c1ccc(OCc2cn(CCOCCOCCC(=O)NCCOCCOCCNC(=S)Nc3ccc4c(c3)C(=O)OC43c4ccc(O)cc4Oc4cc(O)ccc43)nn2)cc1)P(=O)(O)O. The molecule has 1 spiro atoms. The van der Waals surface area contributed by atoms with Gasteiger partial charge in [0.1, 0.15) is 46.8 Å². The number of fused-ring (bicyclic) bond motifs is 6. The Balaban J connectivity index is 0.618. The number of carbonyl (C=O) groups is 2. The predicted octanol–water partition coefficient (Wildman–Crippen LogP) is 5.54. The van der Waals surface area contributed by atoms with Crippen molar-refractivity contribution in [2.75, 3.05) is 77.8 Å². The number of allylic oxidation sites excluding steroid dienone is 3. The van der Waals surface area contributed by atoms with E-state index >= 15 is 0 Å². The van der Waals surface area contributed by atoms with Crippen LogP contribution < -0.4 is 30.7 Å². The van der Waals surface area contributed by atoms with Crippen LogP contribution >= 0.6 is 19.8 Å². The zero-order valence-electron chi connectivity index (χ0n) is 41.1. The van der Waals surface area contributed by atoms with Gasteiger partial charge in [0, 0.05) is 60.6 Å². The molecule has 2 aliphatic heterocycles. The molecule has 0 fully saturated rings. The number of benzene rings is 4. The predicted molar refractivity (Wildman–Crippen MR) is 278 cm³/mol. The molecule has 3 atom stereocenters. The van der Waals surface area contributed by atoms with E-state index < -0.39 is 24.9 Å². The summed E-state index contributed by atoms with van der Waals surface area (Å²) in [7, 11) is -4.48. The van der Waals surface area contributed by atoms with E-state index in [1.54, 1.807) is 65.5 Å². The van der Waals surface area contributed by atoms with Crippen molar-refractivity contribution in [1.29, 1.82) is 0 Å². The summed E-state index contributed by atoms with van der Waals surface area (Å²) in [6.07, 6.45) is 9.97. The van der Waals surface area contributed by atoms with Crippen molar-refractivity contribution in [2.45, 2.75) is 37.9 Å². The third kappa shape index (κ3) is 14.4. The van der Waals surface area contributed by atoms with E-state index in [9.17, 15) is 34.2 Å². The average Bonchev–Trinajstić information content (AvgIpc) is 3.96. The van der Waals surface area contributed by atoms with E-state index in [4.69, 9.17) is 45.4 Å². The van der Waals surface area contributed by atoms with Gasteiger partial charge in [-0.1, -0.05) is 54.6 Å². The number of anilines is 1. The minimum absolute atomic E-state index is 0.0260. The second-order valence-corrected chi connectivity index (χ2v) is 19.9. The maximum absolute atomic E-state index is 13.4. The summed E-state index contributed by atoms with van der Waals surface area (Å²) < 4.78 is 54.3. The molecule has 398 valence electrons. The van der Waals surface area contributed by atoms with Crippen molar-refractivity contribution in [1.82, 2.24) is 30.9 Å². The summed E-state index contributed by atoms with van der Waals surface area (Å²) in [6.45, 7) is 6.48. The highest BCUT2D eigenvalue weighted by Crippen LogP contribution is 2.57. The van der Waals surface area contributed by atoms with E-state index in [1.165, 1.54) is 24.3 Å². The Morgan fingerprint density at radius 2 is 1.45 bits per heavy atom. The van der Waals surface area contributed by atoms with Crippen LogP contribution in [0, 0.1) is 11.8 Å². The van der Waals surface area contributed by atoms with Crippen LogP contribution in [0.2, 0.25) is 0 Å². The van der Waals surface area contributed by atoms with E-state index in [0.29, 0.717) is 134 Å². The maximum atomic E-state index is 13.4. The minimum Gasteiger partial charge on any atom is -0.508 e. The fraction of sp³-hybridized carbons (Fsp3) is 0.365. The van der Waals surface area contributed by atoms with E-state index in [2.05, 4.69) is 44.6 Å². The summed E-state index contributed by atoms with van der Waals surface area (Å²) >= 11 is 5.47. The Kier molecular flexibility index (Phi) is 18.7. The normalized spacial score (nSPS) is 16.3. The van der Waals surface area contributed by atoms with Crippen LogP contribution in [0.1, 0.15) is 57.4 Å². The third-order valence-electron chi connectivity index (χ3n) is 12.4. The Bertz CT molecular complexity index is 2840. The Morgan fingerprint density at radius 1 is 0.813 bits per heavy atom. The number of carbonyl (C=O) groups excluding carboxylic acids is 2. The van der Waals surface area contributed by atoms with Gasteiger partial charge in [-0.2, -0.15) is 0 Å². The first-order chi connectivity index (χ1) is 36.3. The number of amides is 1. The number of nitrogens with zero attached hydrogens (tertiary/aromatic N) is 3. The first kappa shape index (κ1) is 54.5. The molecule has 0 radical (unpaired) electrons. The number of hydrogen-bond acceptors (Lipinski definition) is 16. The highest BCUT2D eigenvalue weighted by molar-refractivity contribution is 7.80. The third-order valence-corrected chi connectivity index (χ3v) is 13.8. The monoisotopic (exact) mass is 1070 g/mol. The number of rotatable bonds is 27. The molecule has 1 amide bonds. The lowest BCUT2D eigenvalue weighted by molar-refractivity contribution is -0.122. The Hall–Kier alpha value is -6.72. The number of phenols is 2. The van der Waals surface area contributed by atoms with Crippen molar-refractivity contribution in [3.05, 3.63) is 143 Å². The lowest BCUT2D eigenvalue weighted by atomic mass is 9.77. The van der Waals surface area contributed by atoms with Crippen LogP contribution in [0.4, 0.5) is 5.69 Å². The number of thiocarbonyl (C=S) groups is 1.